The molecule has 10 heteroatoms. The Balaban J connectivity index is 2.21. The Hall–Kier alpha value is -2.65. The van der Waals surface area contributed by atoms with Gasteiger partial charge in [-0.15, -0.1) is 0 Å². The monoisotopic (exact) mass is 354 g/mol. The van der Waals surface area contributed by atoms with Crippen LogP contribution in [0.5, 0.6) is 0 Å². The third-order valence-corrected chi connectivity index (χ3v) is 2.84. The lowest BCUT2D eigenvalue weighted by Gasteiger charge is -2.07. The zero-order valence-electron chi connectivity index (χ0n) is 11.4. The summed E-state index contributed by atoms with van der Waals surface area (Å²) >= 11 is 0. The van der Waals surface area contributed by atoms with Gasteiger partial charge >= 0.3 is 6.18 Å². The molecule has 0 heterocycles. The van der Waals surface area contributed by atoms with Crippen LogP contribution in [0.15, 0.2) is 29.4 Å². The molecule has 0 aliphatic rings. The minimum absolute atomic E-state index is 0.0966. The molecule has 0 aliphatic heterocycles. The number of nitrogens with one attached hydrogen (secondary N) is 1. The van der Waals surface area contributed by atoms with Crippen LogP contribution in [0.1, 0.15) is 11.1 Å². The van der Waals surface area contributed by atoms with Crippen molar-refractivity contribution in [1.29, 1.82) is 0 Å². The van der Waals surface area contributed by atoms with E-state index in [0.717, 1.165) is 30.5 Å². The second-order valence-corrected chi connectivity index (χ2v) is 4.43. The van der Waals surface area contributed by atoms with Gasteiger partial charge in [0.15, 0.2) is 23.3 Å². The first-order valence-corrected chi connectivity index (χ1v) is 6.10. The topological polar surface area (TPSA) is 24.4 Å². The van der Waals surface area contributed by atoms with Crippen LogP contribution in [-0.2, 0) is 6.18 Å². The number of alkyl halides is 3. The van der Waals surface area contributed by atoms with Crippen molar-refractivity contribution in [3.05, 3.63) is 64.5 Å². The molecule has 0 spiro atoms. The van der Waals surface area contributed by atoms with Gasteiger partial charge in [-0.25, -0.2) is 22.0 Å². The second kappa shape index (κ2) is 6.46. The maximum Gasteiger partial charge on any atom is 0.416 e. The number of hydrogen-bond donors (Lipinski definition) is 1. The first-order valence-electron chi connectivity index (χ1n) is 6.10. The van der Waals surface area contributed by atoms with E-state index in [2.05, 4.69) is 5.10 Å². The highest BCUT2D eigenvalue weighted by atomic mass is 19.4. The van der Waals surface area contributed by atoms with E-state index >= 15 is 0 Å². The number of halogens is 8. The van der Waals surface area contributed by atoms with Gasteiger partial charge in [-0.1, -0.05) is 12.1 Å². The van der Waals surface area contributed by atoms with Crippen LogP contribution >= 0.6 is 0 Å². The zero-order chi connectivity index (χ0) is 18.1. The van der Waals surface area contributed by atoms with Crippen molar-refractivity contribution in [3.63, 3.8) is 0 Å². The normalized spacial score (nSPS) is 12.0. The summed E-state index contributed by atoms with van der Waals surface area (Å²) < 4.78 is 102. The quantitative estimate of drug-likeness (QED) is 0.275. The molecule has 0 unspecified atom stereocenters. The van der Waals surface area contributed by atoms with Gasteiger partial charge in [0.2, 0.25) is 5.82 Å². The molecule has 0 atom stereocenters. The summed E-state index contributed by atoms with van der Waals surface area (Å²) in [6, 6.07) is 3.48. The standard InChI is InChI=1S/C14H6F8N2/c15-8-9(16)11(18)13(12(19)10(8)17)24-23-5-6-1-3-7(4-2-6)14(20,21)22/h1-5,24H/b23-5+. The van der Waals surface area contributed by atoms with Gasteiger partial charge in [-0.2, -0.15) is 18.3 Å². The average molecular weight is 354 g/mol. The lowest BCUT2D eigenvalue weighted by molar-refractivity contribution is -0.137. The Kier molecular flexibility index (Phi) is 4.76. The smallest absolute Gasteiger partial charge is 0.272 e. The van der Waals surface area contributed by atoms with Gasteiger partial charge in [0.05, 0.1) is 11.8 Å². The van der Waals surface area contributed by atoms with Gasteiger partial charge in [-0.05, 0) is 17.7 Å². The van der Waals surface area contributed by atoms with E-state index in [-0.39, 0.29) is 5.56 Å². The van der Waals surface area contributed by atoms with Crippen molar-refractivity contribution in [2.24, 2.45) is 5.10 Å². The molecule has 2 rings (SSSR count). The van der Waals surface area contributed by atoms with Crippen LogP contribution in [0.25, 0.3) is 0 Å². The fourth-order valence-electron chi connectivity index (χ4n) is 1.63. The summed E-state index contributed by atoms with van der Waals surface area (Å²) in [5, 5.41) is 3.25. The molecule has 0 aliphatic carbocycles. The highest BCUT2D eigenvalue weighted by Gasteiger charge is 2.30. The highest BCUT2D eigenvalue weighted by molar-refractivity contribution is 5.80. The van der Waals surface area contributed by atoms with Crippen LogP contribution in [0.4, 0.5) is 40.8 Å². The van der Waals surface area contributed by atoms with Crippen molar-refractivity contribution < 1.29 is 35.1 Å². The molecule has 2 nitrogen and oxygen atoms in total. The third kappa shape index (κ3) is 3.47. The van der Waals surface area contributed by atoms with E-state index < -0.39 is 46.5 Å². The zero-order valence-corrected chi connectivity index (χ0v) is 11.4. The summed E-state index contributed by atoms with van der Waals surface area (Å²) in [7, 11) is 0. The molecule has 24 heavy (non-hydrogen) atoms. The Morgan fingerprint density at radius 1 is 0.750 bits per heavy atom. The van der Waals surface area contributed by atoms with Crippen molar-refractivity contribution in [2.75, 3.05) is 5.43 Å². The molecular formula is C14H6F8N2. The molecule has 0 saturated heterocycles. The molecule has 0 saturated carbocycles. The second-order valence-electron chi connectivity index (χ2n) is 4.43. The number of benzene rings is 2. The van der Waals surface area contributed by atoms with Crippen LogP contribution < -0.4 is 5.43 Å². The Labute approximate surface area is 129 Å². The van der Waals surface area contributed by atoms with Crippen molar-refractivity contribution in [2.45, 2.75) is 6.18 Å². The Morgan fingerprint density at radius 2 is 1.21 bits per heavy atom. The molecule has 2 aromatic rings. The highest BCUT2D eigenvalue weighted by Crippen LogP contribution is 2.29. The summed E-state index contributed by atoms with van der Waals surface area (Å²) in [5.74, 6) is -10.9. The molecule has 128 valence electrons. The molecular weight excluding hydrogens is 348 g/mol. The van der Waals surface area contributed by atoms with Gasteiger partial charge in [0.25, 0.3) is 0 Å². The Bertz CT molecular complexity index is 752. The molecule has 0 aromatic heterocycles. The van der Waals surface area contributed by atoms with Gasteiger partial charge in [0.1, 0.15) is 5.69 Å². The van der Waals surface area contributed by atoms with E-state index in [1.165, 1.54) is 0 Å². The van der Waals surface area contributed by atoms with E-state index in [1.54, 1.807) is 5.43 Å². The number of rotatable bonds is 3. The van der Waals surface area contributed by atoms with Crippen LogP contribution in [0.2, 0.25) is 0 Å². The number of nitrogens with zero attached hydrogens (tertiary/aromatic N) is 1. The number of hydrogen-bond acceptors (Lipinski definition) is 2. The lowest BCUT2D eigenvalue weighted by Crippen LogP contribution is -2.07. The van der Waals surface area contributed by atoms with E-state index in [9.17, 15) is 35.1 Å². The predicted octanol–water partition coefficient (Wildman–Crippen LogP) is 4.85. The maximum atomic E-state index is 13.3. The first kappa shape index (κ1) is 17.7. The van der Waals surface area contributed by atoms with Crippen LogP contribution in [0, 0.1) is 29.1 Å². The SMILES string of the molecule is Fc1c(F)c(F)c(N/N=C/c2ccc(C(F)(F)F)cc2)c(F)c1F. The first-order chi connectivity index (χ1) is 11.1. The molecule has 0 fully saturated rings. The van der Waals surface area contributed by atoms with Crippen molar-refractivity contribution in [3.8, 4) is 0 Å². The van der Waals surface area contributed by atoms with Crippen LogP contribution in [0.3, 0.4) is 0 Å². The number of hydrazone groups is 1. The molecule has 1 N–H and O–H groups in total. The molecule has 0 amide bonds. The number of anilines is 1. The Morgan fingerprint density at radius 3 is 1.67 bits per heavy atom. The van der Waals surface area contributed by atoms with Gasteiger partial charge in [-0.3, -0.25) is 5.43 Å². The largest absolute Gasteiger partial charge is 0.416 e. The van der Waals surface area contributed by atoms with E-state index in [1.807, 2.05) is 0 Å². The van der Waals surface area contributed by atoms with E-state index in [0.29, 0.717) is 0 Å². The van der Waals surface area contributed by atoms with E-state index in [4.69, 9.17) is 0 Å². The minimum Gasteiger partial charge on any atom is -0.272 e. The summed E-state index contributed by atoms with van der Waals surface area (Å²) in [6.45, 7) is 0. The van der Waals surface area contributed by atoms with Crippen molar-refractivity contribution >= 4 is 11.9 Å². The van der Waals surface area contributed by atoms with Gasteiger partial charge in [0, 0.05) is 0 Å². The predicted molar refractivity (Wildman–Crippen MR) is 68.9 cm³/mol. The summed E-state index contributed by atoms with van der Waals surface area (Å²) in [6.07, 6.45) is -3.69. The summed E-state index contributed by atoms with van der Waals surface area (Å²) in [4.78, 5) is 0. The molecule has 2 aromatic carbocycles. The molecule has 0 bridgehead atoms. The van der Waals surface area contributed by atoms with Gasteiger partial charge < -0.3 is 0 Å². The fraction of sp³-hybridized carbons (Fsp3) is 0.0714. The lowest BCUT2D eigenvalue weighted by atomic mass is 10.1. The average Bonchev–Trinajstić information content (AvgIpc) is 2.54. The fourth-order valence-corrected chi connectivity index (χ4v) is 1.63. The molecule has 0 radical (unpaired) electrons. The maximum absolute atomic E-state index is 13.3. The summed E-state index contributed by atoms with van der Waals surface area (Å²) in [5.41, 5.74) is -0.573. The van der Waals surface area contributed by atoms with Crippen LogP contribution in [-0.4, -0.2) is 6.21 Å². The van der Waals surface area contributed by atoms with Crippen molar-refractivity contribution in [1.82, 2.24) is 0 Å². The minimum atomic E-state index is -4.54. The third-order valence-electron chi connectivity index (χ3n) is 2.84.